The molecule has 0 amide bonds. The topological polar surface area (TPSA) is 48.6 Å². The summed E-state index contributed by atoms with van der Waals surface area (Å²) in [6, 6.07) is 8.23. The molecule has 1 aromatic heterocycles. The molecule has 2 rings (SSSR count). The van der Waals surface area contributed by atoms with Crippen molar-refractivity contribution < 1.29 is 0 Å². The lowest BCUT2D eigenvalue weighted by Crippen LogP contribution is -2.18. The minimum absolute atomic E-state index is 0.0753. The van der Waals surface area contributed by atoms with Crippen molar-refractivity contribution in [1.82, 2.24) is 9.97 Å². The van der Waals surface area contributed by atoms with E-state index in [1.807, 2.05) is 12.1 Å². The van der Waals surface area contributed by atoms with Gasteiger partial charge in [-0.25, -0.2) is 0 Å². The van der Waals surface area contributed by atoms with Crippen LogP contribution in [0.5, 0.6) is 0 Å². The average molecular weight is 274 g/mol. The highest BCUT2D eigenvalue weighted by atomic mass is 32.1. The molecule has 100 valence electrons. The summed E-state index contributed by atoms with van der Waals surface area (Å²) in [6.45, 7) is 4.15. The van der Waals surface area contributed by atoms with Crippen LogP contribution >= 0.6 is 12.2 Å². The van der Waals surface area contributed by atoms with Crippen LogP contribution in [0.4, 0.5) is 0 Å². The fourth-order valence-corrected chi connectivity index (χ4v) is 2.45. The summed E-state index contributed by atoms with van der Waals surface area (Å²) in [7, 11) is 0. The minimum Gasteiger partial charge on any atom is -0.336 e. The molecular weight excluding hydrogens is 256 g/mol. The standard InChI is InChI=1S/C15H18N2OS/c1-3-5-13-12(14(18)17-15(19)16-13)9-11-7-4-6-10(2)8-11/h4,6-8H,3,5,9H2,1-2H3,(H2,16,17,18,19). The Morgan fingerprint density at radius 3 is 2.74 bits per heavy atom. The summed E-state index contributed by atoms with van der Waals surface area (Å²) >= 11 is 5.04. The van der Waals surface area contributed by atoms with Gasteiger partial charge in [0.1, 0.15) is 0 Å². The maximum Gasteiger partial charge on any atom is 0.255 e. The quantitative estimate of drug-likeness (QED) is 0.841. The fourth-order valence-electron chi connectivity index (χ4n) is 2.24. The van der Waals surface area contributed by atoms with Crippen LogP contribution in [0.25, 0.3) is 0 Å². The molecule has 0 unspecified atom stereocenters. The lowest BCUT2D eigenvalue weighted by molar-refractivity contribution is 0.832. The van der Waals surface area contributed by atoms with Gasteiger partial charge in [0.05, 0.1) is 0 Å². The van der Waals surface area contributed by atoms with Gasteiger partial charge >= 0.3 is 0 Å². The molecule has 1 aromatic carbocycles. The van der Waals surface area contributed by atoms with E-state index >= 15 is 0 Å². The van der Waals surface area contributed by atoms with E-state index in [1.165, 1.54) is 5.56 Å². The van der Waals surface area contributed by atoms with Crippen LogP contribution in [0, 0.1) is 11.7 Å². The summed E-state index contributed by atoms with van der Waals surface area (Å²) in [5, 5.41) is 0. The number of aromatic nitrogens is 2. The molecule has 0 spiro atoms. The minimum atomic E-state index is -0.0753. The Balaban J connectivity index is 2.44. The van der Waals surface area contributed by atoms with Crippen molar-refractivity contribution in [3.8, 4) is 0 Å². The van der Waals surface area contributed by atoms with Crippen LogP contribution in [0.3, 0.4) is 0 Å². The van der Waals surface area contributed by atoms with E-state index in [1.54, 1.807) is 0 Å². The van der Waals surface area contributed by atoms with E-state index in [0.717, 1.165) is 29.7 Å². The zero-order valence-electron chi connectivity index (χ0n) is 11.2. The van der Waals surface area contributed by atoms with Crippen molar-refractivity contribution in [1.29, 1.82) is 0 Å². The first-order chi connectivity index (χ1) is 9.10. The number of hydrogen-bond acceptors (Lipinski definition) is 2. The van der Waals surface area contributed by atoms with Crippen molar-refractivity contribution >= 4 is 12.2 Å². The number of hydrogen-bond donors (Lipinski definition) is 2. The van der Waals surface area contributed by atoms with Crippen molar-refractivity contribution in [2.45, 2.75) is 33.1 Å². The van der Waals surface area contributed by atoms with Crippen LogP contribution in [-0.4, -0.2) is 9.97 Å². The van der Waals surface area contributed by atoms with Crippen LogP contribution in [0.15, 0.2) is 29.1 Å². The molecular formula is C15H18N2OS. The van der Waals surface area contributed by atoms with Gasteiger partial charge in [0.15, 0.2) is 4.77 Å². The van der Waals surface area contributed by atoms with Crippen LogP contribution in [0.1, 0.15) is 35.7 Å². The van der Waals surface area contributed by atoms with Gasteiger partial charge in [-0.1, -0.05) is 43.2 Å². The Morgan fingerprint density at radius 1 is 1.26 bits per heavy atom. The lowest BCUT2D eigenvalue weighted by atomic mass is 10.0. The molecule has 4 heteroatoms. The van der Waals surface area contributed by atoms with E-state index < -0.39 is 0 Å². The largest absolute Gasteiger partial charge is 0.336 e. The second-order valence-electron chi connectivity index (χ2n) is 4.78. The maximum atomic E-state index is 12.1. The van der Waals surface area contributed by atoms with Crippen molar-refractivity contribution in [2.24, 2.45) is 0 Å². The molecule has 0 aliphatic heterocycles. The van der Waals surface area contributed by atoms with E-state index in [9.17, 15) is 4.79 Å². The number of nitrogens with one attached hydrogen (secondary N) is 2. The average Bonchev–Trinajstić information content (AvgIpc) is 2.34. The van der Waals surface area contributed by atoms with Gasteiger partial charge in [-0.3, -0.25) is 9.78 Å². The number of aromatic amines is 2. The third kappa shape index (κ3) is 3.41. The SMILES string of the molecule is CCCc1[nH]c(=S)[nH]c(=O)c1Cc1cccc(C)c1. The molecule has 3 nitrogen and oxygen atoms in total. The molecule has 0 saturated carbocycles. The van der Waals surface area contributed by atoms with Gasteiger partial charge in [-0.2, -0.15) is 0 Å². The highest BCUT2D eigenvalue weighted by Crippen LogP contribution is 2.12. The van der Waals surface area contributed by atoms with E-state index in [2.05, 4.69) is 35.9 Å². The molecule has 19 heavy (non-hydrogen) atoms. The lowest BCUT2D eigenvalue weighted by Gasteiger charge is -2.08. The summed E-state index contributed by atoms with van der Waals surface area (Å²) < 4.78 is 0.404. The molecule has 0 aliphatic rings. The molecule has 2 aromatic rings. The summed E-state index contributed by atoms with van der Waals surface area (Å²) in [5.74, 6) is 0. The zero-order chi connectivity index (χ0) is 13.8. The van der Waals surface area contributed by atoms with Crippen LogP contribution in [0.2, 0.25) is 0 Å². The summed E-state index contributed by atoms with van der Waals surface area (Å²) in [4.78, 5) is 17.9. The molecule has 0 atom stereocenters. The van der Waals surface area contributed by atoms with Crippen molar-refractivity contribution in [3.63, 3.8) is 0 Å². The smallest absolute Gasteiger partial charge is 0.255 e. The van der Waals surface area contributed by atoms with Gasteiger partial charge in [-0.15, -0.1) is 0 Å². The molecule has 0 radical (unpaired) electrons. The third-order valence-electron chi connectivity index (χ3n) is 3.09. The molecule has 0 aliphatic carbocycles. The molecule has 0 saturated heterocycles. The molecule has 2 N–H and O–H groups in total. The Kier molecular flexibility index (Phi) is 4.32. The molecule has 0 fully saturated rings. The Labute approximate surface area is 117 Å². The predicted molar refractivity (Wildman–Crippen MR) is 80.2 cm³/mol. The number of aryl methyl sites for hydroxylation is 2. The van der Waals surface area contributed by atoms with Gasteiger partial charge in [0.25, 0.3) is 5.56 Å². The van der Waals surface area contributed by atoms with Gasteiger partial charge in [0, 0.05) is 17.7 Å². The Morgan fingerprint density at radius 2 is 2.05 bits per heavy atom. The number of benzene rings is 1. The molecule has 0 bridgehead atoms. The third-order valence-corrected chi connectivity index (χ3v) is 3.30. The van der Waals surface area contributed by atoms with E-state index in [0.29, 0.717) is 11.2 Å². The van der Waals surface area contributed by atoms with Crippen molar-refractivity contribution in [3.05, 3.63) is 61.8 Å². The second-order valence-corrected chi connectivity index (χ2v) is 5.19. The van der Waals surface area contributed by atoms with E-state index in [4.69, 9.17) is 12.2 Å². The maximum absolute atomic E-state index is 12.1. The number of rotatable bonds is 4. The molecule has 1 heterocycles. The monoisotopic (exact) mass is 274 g/mol. The van der Waals surface area contributed by atoms with Crippen LogP contribution in [-0.2, 0) is 12.8 Å². The summed E-state index contributed by atoms with van der Waals surface area (Å²) in [5.41, 5.74) is 4.02. The van der Waals surface area contributed by atoms with Crippen LogP contribution < -0.4 is 5.56 Å². The predicted octanol–water partition coefficient (Wildman–Crippen LogP) is 3.28. The highest BCUT2D eigenvalue weighted by Gasteiger charge is 2.09. The number of H-pyrrole nitrogens is 2. The van der Waals surface area contributed by atoms with Gasteiger partial charge in [-0.05, 0) is 31.1 Å². The van der Waals surface area contributed by atoms with Crippen molar-refractivity contribution in [2.75, 3.05) is 0 Å². The zero-order valence-corrected chi connectivity index (χ0v) is 12.1. The Hall–Kier alpha value is -1.68. The first-order valence-electron chi connectivity index (χ1n) is 6.50. The van der Waals surface area contributed by atoms with E-state index in [-0.39, 0.29) is 5.56 Å². The summed E-state index contributed by atoms with van der Waals surface area (Å²) in [6.07, 6.45) is 2.46. The second kappa shape index (κ2) is 5.97. The first kappa shape index (κ1) is 13.7. The Bertz CT molecular complexity index is 685. The fraction of sp³-hybridized carbons (Fsp3) is 0.333. The first-order valence-corrected chi connectivity index (χ1v) is 6.91. The normalized spacial score (nSPS) is 10.6. The highest BCUT2D eigenvalue weighted by molar-refractivity contribution is 7.71. The van der Waals surface area contributed by atoms with Gasteiger partial charge in [0.2, 0.25) is 0 Å². The van der Waals surface area contributed by atoms with Gasteiger partial charge < -0.3 is 4.98 Å².